The Morgan fingerprint density at radius 3 is 2.70 bits per heavy atom. The van der Waals surface area contributed by atoms with Gasteiger partial charge in [-0.3, -0.25) is 14.8 Å². The number of H-pyrrole nitrogens is 1. The highest BCUT2D eigenvalue weighted by Gasteiger charge is 2.15. The molecule has 0 amide bonds. The van der Waals surface area contributed by atoms with E-state index in [4.69, 9.17) is 0 Å². The molecule has 0 fully saturated rings. The molecule has 7 heteroatoms. The summed E-state index contributed by atoms with van der Waals surface area (Å²) < 4.78 is 1.64. The predicted molar refractivity (Wildman–Crippen MR) is 107 cm³/mol. The summed E-state index contributed by atoms with van der Waals surface area (Å²) in [7, 11) is 0. The van der Waals surface area contributed by atoms with Crippen LogP contribution in [0.3, 0.4) is 0 Å². The van der Waals surface area contributed by atoms with Gasteiger partial charge >= 0.3 is 5.69 Å². The van der Waals surface area contributed by atoms with Gasteiger partial charge in [-0.1, -0.05) is 30.3 Å². The van der Waals surface area contributed by atoms with Crippen molar-refractivity contribution in [3.8, 4) is 16.1 Å². The van der Waals surface area contributed by atoms with Crippen molar-refractivity contribution in [2.75, 3.05) is 0 Å². The van der Waals surface area contributed by atoms with Gasteiger partial charge in [0.15, 0.2) is 0 Å². The fourth-order valence-corrected chi connectivity index (χ4v) is 4.19. The second kappa shape index (κ2) is 6.00. The summed E-state index contributed by atoms with van der Waals surface area (Å²) in [5.74, 6) is 0. The molecule has 5 aromatic rings. The molecule has 0 atom stereocenters. The zero-order chi connectivity index (χ0) is 18.4. The van der Waals surface area contributed by atoms with Crippen LogP contribution in [0, 0.1) is 0 Å². The molecule has 5 rings (SSSR count). The fraction of sp³-hybridized carbons (Fsp3) is 0. The first-order chi connectivity index (χ1) is 13.2. The molecule has 0 spiro atoms. The summed E-state index contributed by atoms with van der Waals surface area (Å²) in [5, 5.41) is 1.66. The molecular formula is C20H12N4O2S. The zero-order valence-electron chi connectivity index (χ0n) is 13.9. The first-order valence-electron chi connectivity index (χ1n) is 8.25. The molecule has 0 saturated carbocycles. The van der Waals surface area contributed by atoms with Crippen molar-refractivity contribution in [3.05, 3.63) is 88.1 Å². The van der Waals surface area contributed by atoms with Gasteiger partial charge in [-0.2, -0.15) is 0 Å². The summed E-state index contributed by atoms with van der Waals surface area (Å²) >= 11 is 1.34. The van der Waals surface area contributed by atoms with E-state index < -0.39 is 5.69 Å². The standard InChI is InChI=1S/C20H12N4O2S/c25-19-18-15(8-17(27-18)13-5-3-7-21-10-13)23-20(26)24(19)16-11-22-9-12-4-1-2-6-14(12)16/h1-11H,(H,23,26). The van der Waals surface area contributed by atoms with E-state index in [1.807, 2.05) is 42.5 Å². The average Bonchev–Trinajstić information content (AvgIpc) is 3.13. The van der Waals surface area contributed by atoms with E-state index in [1.165, 1.54) is 11.3 Å². The summed E-state index contributed by atoms with van der Waals surface area (Å²) in [6, 6.07) is 13.1. The van der Waals surface area contributed by atoms with Gasteiger partial charge in [-0.15, -0.1) is 11.3 Å². The number of fused-ring (bicyclic) bond motifs is 2. The van der Waals surface area contributed by atoms with E-state index in [0.29, 0.717) is 15.9 Å². The molecule has 0 saturated heterocycles. The first kappa shape index (κ1) is 15.7. The van der Waals surface area contributed by atoms with E-state index >= 15 is 0 Å². The van der Waals surface area contributed by atoms with Crippen LogP contribution in [0.4, 0.5) is 0 Å². The van der Waals surface area contributed by atoms with Crippen LogP contribution in [0.15, 0.2) is 76.8 Å². The van der Waals surface area contributed by atoms with Crippen molar-refractivity contribution in [3.63, 3.8) is 0 Å². The molecule has 0 aliphatic heterocycles. The van der Waals surface area contributed by atoms with Crippen LogP contribution in [0.5, 0.6) is 0 Å². The second-order valence-corrected chi connectivity index (χ2v) is 7.10. The number of aromatic nitrogens is 4. The number of hydrogen-bond acceptors (Lipinski definition) is 5. The number of benzene rings is 1. The smallest absolute Gasteiger partial charge is 0.306 e. The van der Waals surface area contributed by atoms with Crippen molar-refractivity contribution in [1.29, 1.82) is 0 Å². The monoisotopic (exact) mass is 372 g/mol. The van der Waals surface area contributed by atoms with Gasteiger partial charge < -0.3 is 4.98 Å². The van der Waals surface area contributed by atoms with E-state index in [2.05, 4.69) is 15.0 Å². The van der Waals surface area contributed by atoms with E-state index in [0.717, 1.165) is 25.8 Å². The summed E-state index contributed by atoms with van der Waals surface area (Å²) in [5.41, 5.74) is 1.06. The van der Waals surface area contributed by atoms with E-state index in [1.54, 1.807) is 24.8 Å². The van der Waals surface area contributed by atoms with Gasteiger partial charge in [-0.25, -0.2) is 9.36 Å². The zero-order valence-corrected chi connectivity index (χ0v) is 14.7. The number of nitrogens with zero attached hydrogens (tertiary/aromatic N) is 3. The highest BCUT2D eigenvalue weighted by molar-refractivity contribution is 7.22. The Bertz CT molecular complexity index is 1410. The maximum Gasteiger partial charge on any atom is 0.333 e. The van der Waals surface area contributed by atoms with E-state index in [9.17, 15) is 9.59 Å². The predicted octanol–water partition coefficient (Wildman–Crippen LogP) is 3.35. The molecule has 0 radical (unpaired) electrons. The van der Waals surface area contributed by atoms with Crippen molar-refractivity contribution in [2.45, 2.75) is 0 Å². The third-order valence-corrected chi connectivity index (χ3v) is 5.58. The molecule has 4 aromatic heterocycles. The quantitative estimate of drug-likeness (QED) is 0.515. The topological polar surface area (TPSA) is 80.6 Å². The highest BCUT2D eigenvalue weighted by atomic mass is 32.1. The Balaban J connectivity index is 1.81. The summed E-state index contributed by atoms with van der Waals surface area (Å²) in [4.78, 5) is 37.9. The van der Waals surface area contributed by atoms with Gasteiger partial charge in [0, 0.05) is 39.8 Å². The van der Waals surface area contributed by atoms with Crippen LogP contribution in [0.1, 0.15) is 0 Å². The van der Waals surface area contributed by atoms with Gasteiger partial charge in [0.2, 0.25) is 0 Å². The molecule has 0 aliphatic carbocycles. The average molecular weight is 372 g/mol. The third kappa shape index (κ3) is 2.48. The molecule has 0 bridgehead atoms. The lowest BCUT2D eigenvalue weighted by Crippen LogP contribution is -2.33. The maximum absolute atomic E-state index is 13.1. The van der Waals surface area contributed by atoms with Crippen molar-refractivity contribution in [1.82, 2.24) is 19.5 Å². The summed E-state index contributed by atoms with van der Waals surface area (Å²) in [6.07, 6.45) is 6.68. The number of pyridine rings is 2. The van der Waals surface area contributed by atoms with Crippen LogP contribution in [-0.2, 0) is 0 Å². The minimum absolute atomic E-state index is 0.355. The van der Waals surface area contributed by atoms with Gasteiger partial charge in [0.05, 0.1) is 17.4 Å². The minimum atomic E-state index is -0.485. The number of thiophene rings is 1. The van der Waals surface area contributed by atoms with E-state index in [-0.39, 0.29) is 5.56 Å². The maximum atomic E-state index is 13.1. The second-order valence-electron chi connectivity index (χ2n) is 6.05. The molecule has 0 unspecified atom stereocenters. The normalized spacial score (nSPS) is 11.3. The highest BCUT2D eigenvalue weighted by Crippen LogP contribution is 2.30. The van der Waals surface area contributed by atoms with Gasteiger partial charge in [0.1, 0.15) is 4.70 Å². The Kier molecular flexibility index (Phi) is 3.48. The Hall–Kier alpha value is -3.58. The number of aromatic amines is 1. The largest absolute Gasteiger partial charge is 0.333 e. The molecule has 130 valence electrons. The molecule has 4 heterocycles. The molecule has 1 aromatic carbocycles. The number of hydrogen-bond donors (Lipinski definition) is 1. The fourth-order valence-electron chi connectivity index (χ4n) is 3.16. The first-order valence-corrected chi connectivity index (χ1v) is 9.06. The molecule has 0 aliphatic rings. The summed E-state index contributed by atoms with van der Waals surface area (Å²) in [6.45, 7) is 0. The van der Waals surface area contributed by atoms with Crippen LogP contribution in [-0.4, -0.2) is 19.5 Å². The molecular weight excluding hydrogens is 360 g/mol. The van der Waals surface area contributed by atoms with Crippen LogP contribution in [0.25, 0.3) is 37.1 Å². The van der Waals surface area contributed by atoms with Crippen LogP contribution in [0.2, 0.25) is 0 Å². The van der Waals surface area contributed by atoms with Gasteiger partial charge in [-0.05, 0) is 12.1 Å². The minimum Gasteiger partial charge on any atom is -0.306 e. The van der Waals surface area contributed by atoms with Gasteiger partial charge in [0.25, 0.3) is 5.56 Å². The van der Waals surface area contributed by atoms with Crippen molar-refractivity contribution in [2.24, 2.45) is 0 Å². The Morgan fingerprint density at radius 2 is 1.85 bits per heavy atom. The SMILES string of the molecule is O=c1[nH]c2cc(-c3cccnc3)sc2c(=O)n1-c1cncc2ccccc12. The van der Waals surface area contributed by atoms with Crippen molar-refractivity contribution < 1.29 is 0 Å². The lowest BCUT2D eigenvalue weighted by Gasteiger charge is -2.07. The van der Waals surface area contributed by atoms with Crippen molar-refractivity contribution >= 4 is 32.3 Å². The Morgan fingerprint density at radius 1 is 0.963 bits per heavy atom. The number of nitrogens with one attached hydrogen (secondary N) is 1. The lowest BCUT2D eigenvalue weighted by molar-refractivity contribution is 0.905. The van der Waals surface area contributed by atoms with Crippen LogP contribution >= 0.6 is 11.3 Å². The molecule has 6 nitrogen and oxygen atoms in total. The lowest BCUT2D eigenvalue weighted by atomic mass is 10.1. The number of rotatable bonds is 2. The third-order valence-electron chi connectivity index (χ3n) is 4.41. The van der Waals surface area contributed by atoms with Crippen LogP contribution < -0.4 is 11.2 Å². The molecule has 27 heavy (non-hydrogen) atoms. The molecule has 1 N–H and O–H groups in total. The Labute approximate surface area is 156 Å².